The molecule has 0 aliphatic heterocycles. The lowest BCUT2D eigenvalue weighted by Crippen LogP contribution is -2.30. The van der Waals surface area contributed by atoms with Gasteiger partial charge in [-0.25, -0.2) is 18.0 Å². The van der Waals surface area contributed by atoms with Crippen molar-refractivity contribution in [3.8, 4) is 0 Å². The quantitative estimate of drug-likeness (QED) is 0.653. The molecule has 0 saturated carbocycles. The molecule has 1 rings (SSSR count). The van der Waals surface area contributed by atoms with Crippen molar-refractivity contribution in [2.75, 3.05) is 13.7 Å². The Hall–Kier alpha value is -1.56. The molecule has 1 aromatic rings. The van der Waals surface area contributed by atoms with Crippen LogP contribution < -0.4 is 5.32 Å². The van der Waals surface area contributed by atoms with E-state index in [2.05, 4.69) is 10.1 Å². The fourth-order valence-electron chi connectivity index (χ4n) is 1.49. The van der Waals surface area contributed by atoms with Gasteiger partial charge in [-0.3, -0.25) is 0 Å². The normalized spacial score (nSPS) is 12.3. The molecule has 3 nitrogen and oxygen atoms in total. The molecular weight excluding hydrogens is 247 g/mol. The molecule has 6 heteroatoms. The van der Waals surface area contributed by atoms with Crippen molar-refractivity contribution >= 4 is 5.97 Å². The van der Waals surface area contributed by atoms with Crippen LogP contribution in [0.15, 0.2) is 12.1 Å². The van der Waals surface area contributed by atoms with Gasteiger partial charge in [-0.1, -0.05) is 6.92 Å². The first kappa shape index (κ1) is 14.5. The highest BCUT2D eigenvalue weighted by atomic mass is 19.2. The van der Waals surface area contributed by atoms with Crippen LogP contribution in [0.5, 0.6) is 0 Å². The Morgan fingerprint density at radius 2 is 1.89 bits per heavy atom. The van der Waals surface area contributed by atoms with E-state index >= 15 is 0 Å². The van der Waals surface area contributed by atoms with Crippen LogP contribution in [0.1, 0.15) is 24.9 Å². The molecule has 0 amide bonds. The lowest BCUT2D eigenvalue weighted by molar-refractivity contribution is -0.143. The molecule has 1 N–H and O–H groups in total. The Balaban J connectivity index is 3.08. The van der Waals surface area contributed by atoms with Gasteiger partial charge in [-0.15, -0.1) is 0 Å². The average Bonchev–Trinajstić information content (AvgIpc) is 2.35. The Labute approximate surface area is 103 Å². The number of methoxy groups -OCH3 is 1. The smallest absolute Gasteiger partial charge is 0.327 e. The number of carbonyl (C=O) groups is 1. The first-order chi connectivity index (χ1) is 8.51. The zero-order valence-electron chi connectivity index (χ0n) is 10.1. The molecule has 0 spiro atoms. The number of hydrogen-bond donors (Lipinski definition) is 1. The fourth-order valence-corrected chi connectivity index (χ4v) is 1.49. The van der Waals surface area contributed by atoms with E-state index in [1.165, 1.54) is 7.11 Å². The van der Waals surface area contributed by atoms with Crippen LogP contribution in [0.3, 0.4) is 0 Å². The number of carbonyl (C=O) groups excluding carboxylic acids is 1. The van der Waals surface area contributed by atoms with Crippen LogP contribution in [0.25, 0.3) is 0 Å². The predicted octanol–water partition coefficient (Wildman–Crippen LogP) is 2.32. The number of esters is 1. The third kappa shape index (κ3) is 3.22. The monoisotopic (exact) mass is 261 g/mol. The Kier molecular flexibility index (Phi) is 5.15. The van der Waals surface area contributed by atoms with Crippen molar-refractivity contribution in [3.05, 3.63) is 35.1 Å². The van der Waals surface area contributed by atoms with Crippen LogP contribution >= 0.6 is 0 Å². The summed E-state index contributed by atoms with van der Waals surface area (Å²) in [7, 11) is 1.17. The molecule has 0 aromatic heterocycles. The van der Waals surface area contributed by atoms with Crippen LogP contribution in [-0.4, -0.2) is 19.6 Å². The molecule has 0 saturated heterocycles. The number of hydrogen-bond acceptors (Lipinski definition) is 3. The lowest BCUT2D eigenvalue weighted by Gasteiger charge is -2.16. The summed E-state index contributed by atoms with van der Waals surface area (Å²) in [5.41, 5.74) is -0.00769. The molecule has 1 atom stereocenters. The van der Waals surface area contributed by atoms with Crippen molar-refractivity contribution in [2.45, 2.75) is 19.4 Å². The summed E-state index contributed by atoms with van der Waals surface area (Å²) in [5.74, 6) is -4.92. The summed E-state index contributed by atoms with van der Waals surface area (Å²) >= 11 is 0. The van der Waals surface area contributed by atoms with E-state index in [-0.39, 0.29) is 5.56 Å². The van der Waals surface area contributed by atoms with Gasteiger partial charge in [-0.2, -0.15) is 0 Å². The zero-order chi connectivity index (χ0) is 13.7. The zero-order valence-corrected chi connectivity index (χ0v) is 10.1. The molecule has 1 unspecified atom stereocenters. The molecule has 0 heterocycles. The highest BCUT2D eigenvalue weighted by Crippen LogP contribution is 2.20. The van der Waals surface area contributed by atoms with Crippen molar-refractivity contribution in [1.29, 1.82) is 0 Å². The maximum Gasteiger partial charge on any atom is 0.327 e. The first-order valence-electron chi connectivity index (χ1n) is 5.46. The van der Waals surface area contributed by atoms with Crippen molar-refractivity contribution < 1.29 is 22.7 Å². The van der Waals surface area contributed by atoms with Crippen molar-refractivity contribution in [3.63, 3.8) is 0 Å². The molecular formula is C12H14F3NO2. The van der Waals surface area contributed by atoms with Crippen LogP contribution in [0.2, 0.25) is 0 Å². The minimum Gasteiger partial charge on any atom is -0.468 e. The third-order valence-corrected chi connectivity index (χ3v) is 2.37. The number of nitrogens with one attached hydrogen (secondary N) is 1. The van der Waals surface area contributed by atoms with Crippen LogP contribution in [0.4, 0.5) is 13.2 Å². The topological polar surface area (TPSA) is 38.3 Å². The highest BCUT2D eigenvalue weighted by Gasteiger charge is 2.23. The predicted molar refractivity (Wildman–Crippen MR) is 59.4 cm³/mol. The average molecular weight is 261 g/mol. The van der Waals surface area contributed by atoms with Gasteiger partial charge in [-0.05, 0) is 30.7 Å². The Morgan fingerprint density at radius 1 is 1.33 bits per heavy atom. The summed E-state index contributed by atoms with van der Waals surface area (Å²) in [5, 5.41) is 2.78. The summed E-state index contributed by atoms with van der Waals surface area (Å²) in [6.07, 6.45) is 0.722. The van der Waals surface area contributed by atoms with Gasteiger partial charge in [0.05, 0.1) is 7.11 Å². The summed E-state index contributed by atoms with van der Waals surface area (Å²) in [6, 6.07) is 0.547. The Morgan fingerprint density at radius 3 is 2.33 bits per heavy atom. The van der Waals surface area contributed by atoms with E-state index in [1.54, 1.807) is 0 Å². The minimum atomic E-state index is -1.56. The second-order valence-corrected chi connectivity index (χ2v) is 3.71. The number of rotatable bonds is 5. The standard InChI is InChI=1S/C12H14F3NO2/c1-3-4-16-11(12(17)18-2)7-5-8(13)10(15)9(14)6-7/h5-6,11,16H,3-4H2,1-2H3. The van der Waals surface area contributed by atoms with E-state index in [1.807, 2.05) is 6.92 Å². The Bertz CT molecular complexity index is 414. The van der Waals surface area contributed by atoms with Gasteiger partial charge >= 0.3 is 5.97 Å². The second kappa shape index (κ2) is 6.39. The number of halogens is 3. The highest BCUT2D eigenvalue weighted by molar-refractivity contribution is 5.77. The minimum absolute atomic E-state index is 0.00769. The maximum atomic E-state index is 13.1. The van der Waals surface area contributed by atoms with Gasteiger partial charge in [0.1, 0.15) is 6.04 Å². The lowest BCUT2D eigenvalue weighted by atomic mass is 10.1. The number of benzene rings is 1. The first-order valence-corrected chi connectivity index (χ1v) is 5.46. The molecule has 100 valence electrons. The molecule has 0 aliphatic carbocycles. The summed E-state index contributed by atoms with van der Waals surface area (Å²) in [4.78, 5) is 11.5. The van der Waals surface area contributed by atoms with Crippen molar-refractivity contribution in [1.82, 2.24) is 5.32 Å². The van der Waals surface area contributed by atoms with Gasteiger partial charge in [0.15, 0.2) is 17.5 Å². The van der Waals surface area contributed by atoms with Crippen LogP contribution in [0, 0.1) is 17.5 Å². The maximum absolute atomic E-state index is 13.1. The van der Waals surface area contributed by atoms with Gasteiger partial charge < -0.3 is 10.1 Å². The largest absolute Gasteiger partial charge is 0.468 e. The van der Waals surface area contributed by atoms with Gasteiger partial charge in [0, 0.05) is 0 Å². The van der Waals surface area contributed by atoms with Gasteiger partial charge in [0.25, 0.3) is 0 Å². The molecule has 0 aliphatic rings. The molecule has 1 aromatic carbocycles. The van der Waals surface area contributed by atoms with E-state index in [4.69, 9.17) is 0 Å². The third-order valence-electron chi connectivity index (χ3n) is 2.37. The second-order valence-electron chi connectivity index (χ2n) is 3.71. The summed E-state index contributed by atoms with van der Waals surface area (Å²) in [6.45, 7) is 2.33. The van der Waals surface area contributed by atoms with Gasteiger partial charge in [0.2, 0.25) is 0 Å². The van der Waals surface area contributed by atoms with Crippen LogP contribution in [-0.2, 0) is 9.53 Å². The fraction of sp³-hybridized carbons (Fsp3) is 0.417. The van der Waals surface area contributed by atoms with E-state index in [0.717, 1.165) is 18.6 Å². The molecule has 18 heavy (non-hydrogen) atoms. The van der Waals surface area contributed by atoms with E-state index in [9.17, 15) is 18.0 Å². The number of ether oxygens (including phenoxy) is 1. The molecule has 0 bridgehead atoms. The van der Waals surface area contributed by atoms with Crippen molar-refractivity contribution in [2.24, 2.45) is 0 Å². The van der Waals surface area contributed by atoms with E-state index in [0.29, 0.717) is 6.54 Å². The SMILES string of the molecule is CCCNC(C(=O)OC)c1cc(F)c(F)c(F)c1. The summed E-state index contributed by atoms with van der Waals surface area (Å²) < 4.78 is 43.5. The molecule has 0 radical (unpaired) electrons. The van der Waals surface area contributed by atoms with E-state index < -0.39 is 29.5 Å². The molecule has 0 fully saturated rings.